The third-order valence-electron chi connectivity index (χ3n) is 4.86. The first-order chi connectivity index (χ1) is 13.4. The summed E-state index contributed by atoms with van der Waals surface area (Å²) in [7, 11) is 0. The normalized spacial score (nSPS) is 17.8. The molecule has 1 fully saturated rings. The minimum absolute atomic E-state index is 0.0178. The van der Waals surface area contributed by atoms with Gasteiger partial charge in [-0.25, -0.2) is 0 Å². The fourth-order valence-electron chi connectivity index (χ4n) is 3.56. The Morgan fingerprint density at radius 2 is 1.68 bits per heavy atom. The summed E-state index contributed by atoms with van der Waals surface area (Å²) in [6.45, 7) is 0.438. The molecule has 0 atom stereocenters. The Morgan fingerprint density at radius 1 is 1.07 bits per heavy atom. The zero-order chi connectivity index (χ0) is 19.9. The third kappa shape index (κ3) is 2.95. The number of imide groups is 1. The molecule has 9 heteroatoms. The molecule has 1 saturated heterocycles. The van der Waals surface area contributed by atoms with Crippen LogP contribution in [0.4, 0.5) is 5.69 Å². The maximum Gasteiger partial charge on any atom is 0.278 e. The average molecular weight is 403 g/mol. The second-order valence-electron chi connectivity index (χ2n) is 6.43. The van der Waals surface area contributed by atoms with Gasteiger partial charge in [0, 0.05) is 24.1 Å². The van der Waals surface area contributed by atoms with Crippen molar-refractivity contribution < 1.29 is 24.0 Å². The first-order valence-corrected chi connectivity index (χ1v) is 8.98. The van der Waals surface area contributed by atoms with Crippen LogP contribution in [0.1, 0.15) is 32.7 Å². The van der Waals surface area contributed by atoms with Crippen molar-refractivity contribution in [1.29, 1.82) is 0 Å². The third-order valence-corrected chi connectivity index (χ3v) is 5.10. The Labute approximate surface area is 164 Å². The molecule has 0 aromatic heterocycles. The van der Waals surface area contributed by atoms with Crippen molar-refractivity contribution in [3.05, 3.63) is 74.3 Å². The predicted octanol–water partition coefficient (Wildman–Crippen LogP) is 3.13. The van der Waals surface area contributed by atoms with E-state index in [1.54, 1.807) is 24.3 Å². The van der Waals surface area contributed by atoms with E-state index < -0.39 is 22.5 Å². The van der Waals surface area contributed by atoms with Gasteiger partial charge in [-0.1, -0.05) is 23.7 Å². The molecular weight excluding hydrogens is 388 g/mol. The van der Waals surface area contributed by atoms with Gasteiger partial charge in [0.2, 0.25) is 5.79 Å². The standard InChI is InChI=1S/C19H15ClN2O6/c20-12-5-6-16(22(25)26)15(11-12)19(27-9-10-28-19)7-8-21-17(23)13-3-1-2-4-14(13)18(21)24/h1-6,11H,7-10H2. The minimum Gasteiger partial charge on any atom is -0.343 e. The number of nitro benzene ring substituents is 1. The fourth-order valence-corrected chi connectivity index (χ4v) is 3.74. The lowest BCUT2D eigenvalue weighted by Gasteiger charge is -2.29. The summed E-state index contributed by atoms with van der Waals surface area (Å²) < 4.78 is 11.5. The van der Waals surface area contributed by atoms with Crippen molar-refractivity contribution in [3.63, 3.8) is 0 Å². The van der Waals surface area contributed by atoms with Crippen molar-refractivity contribution in [2.24, 2.45) is 0 Å². The number of benzene rings is 2. The van der Waals surface area contributed by atoms with Crippen LogP contribution in [0.5, 0.6) is 0 Å². The Hall–Kier alpha value is -2.81. The van der Waals surface area contributed by atoms with Gasteiger partial charge in [-0.15, -0.1) is 0 Å². The van der Waals surface area contributed by atoms with Gasteiger partial charge in [0.15, 0.2) is 0 Å². The van der Waals surface area contributed by atoms with E-state index >= 15 is 0 Å². The molecule has 0 N–H and O–H groups in total. The smallest absolute Gasteiger partial charge is 0.278 e. The van der Waals surface area contributed by atoms with Crippen LogP contribution in [0.2, 0.25) is 5.02 Å². The monoisotopic (exact) mass is 402 g/mol. The molecule has 0 unspecified atom stereocenters. The summed E-state index contributed by atoms with van der Waals surface area (Å²) in [6, 6.07) is 10.7. The molecular formula is C19H15ClN2O6. The highest BCUT2D eigenvalue weighted by atomic mass is 35.5. The van der Waals surface area contributed by atoms with E-state index in [2.05, 4.69) is 0 Å². The number of hydrogen-bond acceptors (Lipinski definition) is 6. The van der Waals surface area contributed by atoms with Crippen molar-refractivity contribution >= 4 is 29.1 Å². The van der Waals surface area contributed by atoms with E-state index in [1.165, 1.54) is 18.2 Å². The van der Waals surface area contributed by atoms with Gasteiger partial charge < -0.3 is 9.47 Å². The van der Waals surface area contributed by atoms with Crippen LogP contribution in [0, 0.1) is 10.1 Å². The molecule has 0 bridgehead atoms. The van der Waals surface area contributed by atoms with E-state index in [9.17, 15) is 19.7 Å². The van der Waals surface area contributed by atoms with Gasteiger partial charge in [0.05, 0.1) is 34.8 Å². The van der Waals surface area contributed by atoms with E-state index in [0.717, 1.165) is 4.90 Å². The maximum atomic E-state index is 12.6. The zero-order valence-corrected chi connectivity index (χ0v) is 15.3. The fraction of sp³-hybridized carbons (Fsp3) is 0.263. The molecule has 2 heterocycles. The molecule has 2 aliphatic heterocycles. The highest BCUT2D eigenvalue weighted by molar-refractivity contribution is 6.30. The number of fused-ring (bicyclic) bond motifs is 1. The molecule has 0 spiro atoms. The summed E-state index contributed by atoms with van der Waals surface area (Å²) in [4.78, 5) is 37.2. The number of carbonyl (C=O) groups is 2. The predicted molar refractivity (Wildman–Crippen MR) is 98.1 cm³/mol. The number of ether oxygens (including phenoxy) is 2. The molecule has 8 nitrogen and oxygen atoms in total. The van der Waals surface area contributed by atoms with E-state index in [-0.39, 0.29) is 37.4 Å². The minimum atomic E-state index is -1.46. The van der Waals surface area contributed by atoms with Gasteiger partial charge in [0.1, 0.15) is 0 Å². The Morgan fingerprint density at radius 3 is 2.25 bits per heavy atom. The van der Waals surface area contributed by atoms with Gasteiger partial charge in [0.25, 0.3) is 17.5 Å². The topological polar surface area (TPSA) is 99.0 Å². The average Bonchev–Trinajstić information content (AvgIpc) is 3.25. The summed E-state index contributed by atoms with van der Waals surface area (Å²) >= 11 is 6.04. The molecule has 2 amide bonds. The van der Waals surface area contributed by atoms with Crippen molar-refractivity contribution in [3.8, 4) is 0 Å². The lowest BCUT2D eigenvalue weighted by molar-refractivity contribution is -0.388. The van der Waals surface area contributed by atoms with Crippen LogP contribution >= 0.6 is 11.6 Å². The number of nitro groups is 1. The molecule has 28 heavy (non-hydrogen) atoms. The molecule has 0 saturated carbocycles. The molecule has 4 rings (SSSR count). The first kappa shape index (κ1) is 18.5. The molecule has 0 radical (unpaired) electrons. The zero-order valence-electron chi connectivity index (χ0n) is 14.6. The quantitative estimate of drug-likeness (QED) is 0.433. The van der Waals surface area contributed by atoms with Crippen LogP contribution < -0.4 is 0 Å². The number of hydrogen-bond donors (Lipinski definition) is 0. The maximum absolute atomic E-state index is 12.6. The summed E-state index contributed by atoms with van der Waals surface area (Å²) in [5.74, 6) is -2.27. The highest BCUT2D eigenvalue weighted by Crippen LogP contribution is 2.41. The summed E-state index contributed by atoms with van der Waals surface area (Å²) in [5, 5.41) is 11.8. The van der Waals surface area contributed by atoms with Crippen molar-refractivity contribution in [2.75, 3.05) is 19.8 Å². The van der Waals surface area contributed by atoms with Crippen molar-refractivity contribution in [1.82, 2.24) is 4.90 Å². The number of halogens is 1. The molecule has 2 aromatic rings. The van der Waals surface area contributed by atoms with Crippen LogP contribution in [0.25, 0.3) is 0 Å². The largest absolute Gasteiger partial charge is 0.343 e. The number of rotatable bonds is 5. The number of carbonyl (C=O) groups excluding carboxylic acids is 2. The van der Waals surface area contributed by atoms with Crippen LogP contribution in [0.3, 0.4) is 0 Å². The Bertz CT molecular complexity index is 951. The van der Waals surface area contributed by atoms with E-state index in [4.69, 9.17) is 21.1 Å². The van der Waals surface area contributed by atoms with Gasteiger partial charge >= 0.3 is 0 Å². The van der Waals surface area contributed by atoms with Crippen molar-refractivity contribution in [2.45, 2.75) is 12.2 Å². The van der Waals surface area contributed by atoms with Crippen LogP contribution in [0.15, 0.2) is 42.5 Å². The van der Waals surface area contributed by atoms with Gasteiger partial charge in [-0.05, 0) is 24.3 Å². The molecule has 0 aliphatic carbocycles. The lowest BCUT2D eigenvalue weighted by Crippen LogP contribution is -2.37. The SMILES string of the molecule is O=C1c2ccccc2C(=O)N1CCC1(c2cc(Cl)ccc2[N+](=O)[O-])OCCO1. The Balaban J connectivity index is 1.65. The van der Waals surface area contributed by atoms with Gasteiger partial charge in [-0.3, -0.25) is 24.6 Å². The summed E-state index contributed by atoms with van der Waals surface area (Å²) in [5.41, 5.74) is 0.639. The second kappa shape index (κ2) is 6.97. The van der Waals surface area contributed by atoms with Gasteiger partial charge in [-0.2, -0.15) is 0 Å². The highest BCUT2D eigenvalue weighted by Gasteiger charge is 2.45. The molecule has 144 valence electrons. The van der Waals surface area contributed by atoms with E-state index in [0.29, 0.717) is 16.1 Å². The lowest BCUT2D eigenvalue weighted by atomic mass is 10.00. The number of amides is 2. The molecule has 2 aromatic carbocycles. The molecule has 2 aliphatic rings. The Kier molecular flexibility index (Phi) is 4.62. The summed E-state index contributed by atoms with van der Waals surface area (Å²) in [6.07, 6.45) is 0.0413. The first-order valence-electron chi connectivity index (χ1n) is 8.60. The van der Waals surface area contributed by atoms with E-state index in [1.807, 2.05) is 0 Å². The second-order valence-corrected chi connectivity index (χ2v) is 6.86. The van der Waals surface area contributed by atoms with Crippen LogP contribution in [-0.4, -0.2) is 41.4 Å². The number of nitrogens with zero attached hydrogens (tertiary/aromatic N) is 2. The van der Waals surface area contributed by atoms with Crippen LogP contribution in [-0.2, 0) is 15.3 Å².